The highest BCUT2D eigenvalue weighted by molar-refractivity contribution is 5.96. The van der Waals surface area contributed by atoms with Gasteiger partial charge in [-0.2, -0.15) is 18.3 Å². The Kier molecular flexibility index (Phi) is 15.5. The molecule has 8 heterocycles. The van der Waals surface area contributed by atoms with Crippen molar-refractivity contribution in [3.8, 4) is 45.0 Å². The molecule has 12 aromatic rings. The van der Waals surface area contributed by atoms with Crippen molar-refractivity contribution in [2.24, 2.45) is 5.92 Å². The standard InChI is InChI=1S/C23H26N.2C19H18N.C18H16N.CH4/c1-4-7-17-13-19(12-16(2)3)21-15-24-22-9-6-5-8-18(22)10-11-23(24)20(21)14-17;1-12-4-5-15-6-7-20-11-18-14(3)8-13(2)10-17(18)19(20)16(15)9-12;1-2-5-14-8-9-16-13-20-18-7-4-3-6-15(18)10-11-19(20)17(16)12-14;1-12-9-13(2)17-11-19-8-7-14-5-3-4-6-15(14)18(19)16(17)10-12;/h5-6,8-11,13-14,16H,4,7,12,15H2,1-3H3;4-10H,11H2,1-3H3;3-4,6-12H,2,5,13H2,1H3;3-10H,11H2,1-2H3;1H4/q4*+1;. The highest BCUT2D eigenvalue weighted by atomic mass is 15.0. The van der Waals surface area contributed by atoms with Crippen LogP contribution < -0.4 is 18.3 Å². The number of hydrogen-bond acceptors (Lipinski definition) is 0. The molecule has 16 rings (SSSR count). The minimum atomic E-state index is 0. The monoisotopic (exact) mass is 1100 g/mol. The molecule has 4 aliphatic heterocycles. The fraction of sp³-hybridized carbons (Fsp3) is 0.250. The van der Waals surface area contributed by atoms with E-state index in [0.717, 1.165) is 26.2 Å². The van der Waals surface area contributed by atoms with E-state index in [1.165, 1.54) is 176 Å². The first-order chi connectivity index (χ1) is 40.4. The van der Waals surface area contributed by atoms with Crippen molar-refractivity contribution < 1.29 is 18.3 Å². The summed E-state index contributed by atoms with van der Waals surface area (Å²) in [4.78, 5) is 0. The Labute approximate surface area is 499 Å². The number of aryl methyl sites for hydroxylation is 7. The van der Waals surface area contributed by atoms with Crippen LogP contribution in [0.2, 0.25) is 0 Å². The number of para-hydroxylation sites is 2. The molecule has 0 radical (unpaired) electrons. The Bertz CT molecular complexity index is 4540. The maximum absolute atomic E-state index is 2.50. The van der Waals surface area contributed by atoms with Crippen LogP contribution in [0.25, 0.3) is 88.4 Å². The van der Waals surface area contributed by atoms with E-state index in [9.17, 15) is 0 Å². The van der Waals surface area contributed by atoms with E-state index >= 15 is 0 Å². The third-order valence-electron chi connectivity index (χ3n) is 17.9. The van der Waals surface area contributed by atoms with Crippen LogP contribution in [-0.2, 0) is 45.4 Å². The highest BCUT2D eigenvalue weighted by Crippen LogP contribution is 2.38. The quantitative estimate of drug-likeness (QED) is 0.148. The van der Waals surface area contributed by atoms with Gasteiger partial charge in [-0.25, -0.2) is 0 Å². The van der Waals surface area contributed by atoms with Crippen LogP contribution in [0.3, 0.4) is 0 Å². The second-order valence-electron chi connectivity index (χ2n) is 24.6. The first-order valence-corrected chi connectivity index (χ1v) is 30.6. The first-order valence-electron chi connectivity index (χ1n) is 30.6. The van der Waals surface area contributed by atoms with Crippen LogP contribution >= 0.6 is 0 Å². The van der Waals surface area contributed by atoms with Crippen molar-refractivity contribution >= 4 is 43.4 Å². The molecule has 0 bridgehead atoms. The third kappa shape index (κ3) is 10.4. The lowest BCUT2D eigenvalue weighted by molar-refractivity contribution is -0.671. The lowest BCUT2D eigenvalue weighted by Gasteiger charge is -2.11. The van der Waals surface area contributed by atoms with Crippen LogP contribution in [0, 0.1) is 40.5 Å². The van der Waals surface area contributed by atoms with E-state index < -0.39 is 0 Å². The van der Waals surface area contributed by atoms with Gasteiger partial charge in [-0.15, -0.1) is 0 Å². The van der Waals surface area contributed by atoms with Crippen LogP contribution in [0.5, 0.6) is 0 Å². The van der Waals surface area contributed by atoms with Gasteiger partial charge in [-0.1, -0.05) is 138 Å². The molecule has 84 heavy (non-hydrogen) atoms. The number of pyridine rings is 4. The minimum absolute atomic E-state index is 0. The molecule has 8 aromatic carbocycles. The van der Waals surface area contributed by atoms with Crippen molar-refractivity contribution in [2.75, 3.05) is 0 Å². The number of rotatable bonds is 6. The van der Waals surface area contributed by atoms with Crippen molar-refractivity contribution in [1.29, 1.82) is 0 Å². The van der Waals surface area contributed by atoms with Gasteiger partial charge < -0.3 is 0 Å². The zero-order chi connectivity index (χ0) is 57.0. The lowest BCUT2D eigenvalue weighted by atomic mass is 9.91. The number of nitrogens with zero attached hydrogens (tertiary/aromatic N) is 4. The molecule has 418 valence electrons. The van der Waals surface area contributed by atoms with Crippen LogP contribution in [-0.4, -0.2) is 0 Å². The summed E-state index contributed by atoms with van der Waals surface area (Å²) < 4.78 is 9.70. The highest BCUT2D eigenvalue weighted by Gasteiger charge is 2.34. The Hall–Kier alpha value is -8.60. The Morgan fingerprint density at radius 2 is 0.929 bits per heavy atom. The van der Waals surface area contributed by atoms with Gasteiger partial charge in [0.05, 0.1) is 33.0 Å². The van der Waals surface area contributed by atoms with Gasteiger partial charge in [0.25, 0.3) is 0 Å². The predicted octanol–water partition coefficient (Wildman–Crippen LogP) is 17.9. The summed E-state index contributed by atoms with van der Waals surface area (Å²) in [5.74, 6) is 0.691. The van der Waals surface area contributed by atoms with Crippen molar-refractivity contribution in [1.82, 2.24) is 0 Å². The average molecular weight is 1100 g/mol. The van der Waals surface area contributed by atoms with Gasteiger partial charge in [-0.3, -0.25) is 0 Å². The molecule has 4 aliphatic rings. The molecule has 0 amide bonds. The minimum Gasteiger partial charge on any atom is -0.193 e. The molecule has 0 fully saturated rings. The molecular formula is C80H82N4+4. The summed E-state index contributed by atoms with van der Waals surface area (Å²) >= 11 is 0. The maximum Gasteiger partial charge on any atom is 0.221 e. The SMILES string of the molecule is C.CCCc1cc(CC(C)C)c2c(c1)-c1ccc3ccccc3[n+]1C2.CCCc1ccc2c(c1)-c1ccc3ccccc3[n+]1C2.Cc1cc(C)c2c(c1)-c1c3cc(C)ccc3cc[n+]1C2.Cc1cc(C)c2c(c1)-c1c3ccccc3cc[n+]1C2. The van der Waals surface area contributed by atoms with E-state index in [2.05, 4.69) is 275 Å². The number of fused-ring (bicyclic) bond motifs is 20. The summed E-state index contributed by atoms with van der Waals surface area (Å²) in [6.45, 7) is 24.2. The topological polar surface area (TPSA) is 15.5 Å². The van der Waals surface area contributed by atoms with E-state index in [1.807, 2.05) is 0 Å². The van der Waals surface area contributed by atoms with Gasteiger partial charge in [0.2, 0.25) is 33.8 Å². The molecule has 0 unspecified atom stereocenters. The number of benzene rings is 8. The normalized spacial score (nSPS) is 12.4. The van der Waals surface area contributed by atoms with Crippen molar-refractivity contribution in [3.63, 3.8) is 0 Å². The van der Waals surface area contributed by atoms with Gasteiger partial charge >= 0.3 is 0 Å². The fourth-order valence-corrected chi connectivity index (χ4v) is 14.1. The largest absolute Gasteiger partial charge is 0.221 e. The zero-order valence-electron chi connectivity index (χ0n) is 50.2. The Morgan fingerprint density at radius 1 is 0.405 bits per heavy atom. The zero-order valence-corrected chi connectivity index (χ0v) is 50.2. The molecular weight excluding hydrogens is 1020 g/mol. The summed E-state index contributed by atoms with van der Waals surface area (Å²) in [5, 5.41) is 8.02. The Balaban J connectivity index is 0.000000110. The van der Waals surface area contributed by atoms with Gasteiger partial charge in [-0.05, 0) is 170 Å². The Morgan fingerprint density at radius 3 is 1.55 bits per heavy atom. The maximum atomic E-state index is 2.50. The molecule has 4 aromatic heterocycles. The molecule has 0 N–H and O–H groups in total. The summed E-state index contributed by atoms with van der Waals surface area (Å²) in [6.07, 6.45) is 10.4. The smallest absolute Gasteiger partial charge is 0.193 e. The van der Waals surface area contributed by atoms with E-state index in [0.29, 0.717) is 5.92 Å². The third-order valence-corrected chi connectivity index (χ3v) is 17.9. The van der Waals surface area contributed by atoms with E-state index in [4.69, 9.17) is 0 Å². The van der Waals surface area contributed by atoms with Gasteiger partial charge in [0.15, 0.2) is 38.6 Å². The van der Waals surface area contributed by atoms with Crippen molar-refractivity contribution in [3.05, 3.63) is 261 Å². The average Bonchev–Trinajstić information content (AvgIpc) is 2.60. The lowest BCUT2D eigenvalue weighted by Crippen LogP contribution is -2.33. The van der Waals surface area contributed by atoms with E-state index in [-0.39, 0.29) is 7.43 Å². The molecule has 0 saturated heterocycles. The van der Waals surface area contributed by atoms with E-state index in [1.54, 1.807) is 11.1 Å². The fourth-order valence-electron chi connectivity index (χ4n) is 14.1. The predicted molar refractivity (Wildman–Crippen MR) is 352 cm³/mol. The summed E-state index contributed by atoms with van der Waals surface area (Å²) in [6, 6.07) is 67.4. The second-order valence-corrected chi connectivity index (χ2v) is 24.6. The van der Waals surface area contributed by atoms with Crippen LogP contribution in [0.15, 0.2) is 194 Å². The number of hydrogen-bond donors (Lipinski definition) is 0. The molecule has 0 saturated carbocycles. The molecule has 4 nitrogen and oxygen atoms in total. The molecule has 4 heteroatoms. The number of aromatic nitrogens is 4. The van der Waals surface area contributed by atoms with Crippen LogP contribution in [0.4, 0.5) is 0 Å². The summed E-state index contributed by atoms with van der Waals surface area (Å²) in [7, 11) is 0. The van der Waals surface area contributed by atoms with Crippen LogP contribution in [0.1, 0.15) is 115 Å². The molecule has 0 spiro atoms. The van der Waals surface area contributed by atoms with Gasteiger partial charge in [0.1, 0.15) is 0 Å². The van der Waals surface area contributed by atoms with Gasteiger partial charge in [0, 0.05) is 69.4 Å². The summed E-state index contributed by atoms with van der Waals surface area (Å²) in [5.41, 5.74) is 31.1. The molecule has 0 aliphatic carbocycles. The second kappa shape index (κ2) is 23.2. The first kappa shape index (κ1) is 55.9. The molecule has 0 atom stereocenters. The van der Waals surface area contributed by atoms with Crippen molar-refractivity contribution in [2.45, 2.75) is 128 Å².